The minimum absolute atomic E-state index is 0.203. The van der Waals surface area contributed by atoms with E-state index < -0.39 is 0 Å². The Bertz CT molecular complexity index is 1860. The highest BCUT2D eigenvalue weighted by atomic mass is 16.5. The molecular weight excluding hydrogens is 464 g/mol. The number of hydrogen-bond acceptors (Lipinski definition) is 2. The molecule has 7 rings (SSSR count). The lowest BCUT2D eigenvalue weighted by atomic mass is 9.92. The van der Waals surface area contributed by atoms with Crippen molar-refractivity contribution in [1.82, 2.24) is 0 Å². The minimum atomic E-state index is 0.203. The third-order valence-corrected chi connectivity index (χ3v) is 7.56. The summed E-state index contributed by atoms with van der Waals surface area (Å²) >= 11 is 0. The fourth-order valence-electron chi connectivity index (χ4n) is 5.73. The second-order valence-electron chi connectivity index (χ2n) is 9.85. The molecule has 0 amide bonds. The minimum Gasteiger partial charge on any atom is -0.508 e. The van der Waals surface area contributed by atoms with Crippen LogP contribution in [0.25, 0.3) is 43.1 Å². The van der Waals surface area contributed by atoms with Gasteiger partial charge in [-0.3, -0.25) is 0 Å². The monoisotopic (exact) mass is 490 g/mol. The maximum absolute atomic E-state index is 10.4. The highest BCUT2D eigenvalue weighted by Gasteiger charge is 2.14. The van der Waals surface area contributed by atoms with Crippen LogP contribution in [0.4, 0.5) is 0 Å². The molecule has 7 aromatic rings. The Labute approximate surface area is 221 Å². The zero-order valence-electron chi connectivity index (χ0n) is 20.9. The van der Waals surface area contributed by atoms with Crippen molar-refractivity contribution in [1.29, 1.82) is 0 Å². The first-order valence-corrected chi connectivity index (χ1v) is 13.0. The number of ether oxygens (including phenoxy) is 1. The molecule has 0 aliphatic heterocycles. The van der Waals surface area contributed by atoms with Crippen LogP contribution in [0.15, 0.2) is 127 Å². The average molecular weight is 491 g/mol. The molecule has 0 saturated heterocycles. The molecule has 0 spiro atoms. The lowest BCUT2D eigenvalue weighted by Crippen LogP contribution is -2.02. The van der Waals surface area contributed by atoms with Gasteiger partial charge in [-0.15, -0.1) is 0 Å². The van der Waals surface area contributed by atoms with E-state index in [1.165, 1.54) is 48.7 Å². The predicted molar refractivity (Wildman–Crippen MR) is 158 cm³/mol. The molecule has 182 valence electrons. The van der Waals surface area contributed by atoms with E-state index in [4.69, 9.17) is 4.74 Å². The summed E-state index contributed by atoms with van der Waals surface area (Å²) in [4.78, 5) is 0. The number of phenolic OH excluding ortho intramolecular Hbond substituents is 1. The van der Waals surface area contributed by atoms with Crippen LogP contribution in [-0.4, -0.2) is 5.11 Å². The average Bonchev–Trinajstić information content (AvgIpc) is 2.96. The van der Waals surface area contributed by atoms with E-state index in [-0.39, 0.29) is 5.75 Å². The van der Waals surface area contributed by atoms with Crippen LogP contribution >= 0.6 is 0 Å². The molecule has 0 radical (unpaired) electrons. The largest absolute Gasteiger partial charge is 0.508 e. The molecule has 0 saturated carbocycles. The third-order valence-electron chi connectivity index (χ3n) is 7.56. The van der Waals surface area contributed by atoms with Crippen molar-refractivity contribution in [2.45, 2.75) is 13.0 Å². The van der Waals surface area contributed by atoms with Crippen LogP contribution in [0, 0.1) is 0 Å². The van der Waals surface area contributed by atoms with Gasteiger partial charge in [-0.05, 0) is 72.4 Å². The maximum Gasteiger partial charge on any atom is 0.127 e. The van der Waals surface area contributed by atoms with Gasteiger partial charge >= 0.3 is 0 Å². The van der Waals surface area contributed by atoms with E-state index in [1.807, 2.05) is 6.07 Å². The van der Waals surface area contributed by atoms with Gasteiger partial charge in [0.2, 0.25) is 0 Å². The lowest BCUT2D eigenvalue weighted by molar-refractivity contribution is 0.304. The Kier molecular flexibility index (Phi) is 5.44. The van der Waals surface area contributed by atoms with Crippen LogP contribution < -0.4 is 4.74 Å². The SMILES string of the molecule is Oc1ccc(Cc2c3ccccc3cc3ccccc23)c(OCc2c3ccccc3cc3ccccc23)c1. The van der Waals surface area contributed by atoms with E-state index in [0.717, 1.165) is 11.1 Å². The molecular formula is C36H26O2. The molecule has 38 heavy (non-hydrogen) atoms. The van der Waals surface area contributed by atoms with Crippen molar-refractivity contribution in [2.75, 3.05) is 0 Å². The number of fused-ring (bicyclic) bond motifs is 4. The van der Waals surface area contributed by atoms with Crippen molar-refractivity contribution < 1.29 is 9.84 Å². The van der Waals surface area contributed by atoms with Crippen molar-refractivity contribution in [2.24, 2.45) is 0 Å². The molecule has 0 aromatic heterocycles. The van der Waals surface area contributed by atoms with Gasteiger partial charge in [-0.1, -0.05) is 103 Å². The summed E-state index contributed by atoms with van der Waals surface area (Å²) < 4.78 is 6.56. The molecule has 1 N–H and O–H groups in total. The van der Waals surface area contributed by atoms with Crippen molar-refractivity contribution in [3.8, 4) is 11.5 Å². The Morgan fingerprint density at radius 2 is 0.921 bits per heavy atom. The summed E-state index contributed by atoms with van der Waals surface area (Å²) in [6.07, 6.45) is 0.702. The summed E-state index contributed by atoms with van der Waals surface area (Å²) in [5, 5.41) is 20.1. The summed E-state index contributed by atoms with van der Waals surface area (Å²) in [7, 11) is 0. The highest BCUT2D eigenvalue weighted by Crippen LogP contribution is 2.35. The normalized spacial score (nSPS) is 11.5. The zero-order valence-corrected chi connectivity index (χ0v) is 20.9. The molecule has 0 aliphatic carbocycles. The molecule has 2 nitrogen and oxygen atoms in total. The molecule has 0 heterocycles. The summed E-state index contributed by atoms with van der Waals surface area (Å²) in [6, 6.07) is 44.0. The van der Waals surface area contributed by atoms with Gasteiger partial charge in [0.15, 0.2) is 0 Å². The first kappa shape index (κ1) is 22.4. The Morgan fingerprint density at radius 3 is 1.42 bits per heavy atom. The quantitative estimate of drug-likeness (QED) is 0.244. The number of aromatic hydroxyl groups is 1. The Hall–Kier alpha value is -4.82. The van der Waals surface area contributed by atoms with Crippen molar-refractivity contribution in [3.05, 3.63) is 144 Å². The Morgan fingerprint density at radius 1 is 0.474 bits per heavy atom. The van der Waals surface area contributed by atoms with Gasteiger partial charge in [0.1, 0.15) is 18.1 Å². The molecule has 0 bridgehead atoms. The van der Waals surface area contributed by atoms with Gasteiger partial charge in [0, 0.05) is 18.1 Å². The second-order valence-corrected chi connectivity index (χ2v) is 9.85. The predicted octanol–water partition coefficient (Wildman–Crippen LogP) is 9.17. The topological polar surface area (TPSA) is 29.5 Å². The van der Waals surface area contributed by atoms with E-state index in [2.05, 4.69) is 109 Å². The first-order valence-electron chi connectivity index (χ1n) is 13.0. The van der Waals surface area contributed by atoms with Gasteiger partial charge in [-0.25, -0.2) is 0 Å². The lowest BCUT2D eigenvalue weighted by Gasteiger charge is -2.17. The molecule has 7 aromatic carbocycles. The van der Waals surface area contributed by atoms with Crippen molar-refractivity contribution in [3.63, 3.8) is 0 Å². The standard InChI is InChI=1S/C36H26O2/c37-29-18-17-28(21-34-30-13-5-1-9-24(30)19-25-10-2-6-14-31(25)34)36(22-29)38-23-35-32-15-7-3-11-26(32)20-27-12-4-8-16-33(27)35/h1-20,22,37H,21,23H2. The second kappa shape index (κ2) is 9.24. The van der Waals surface area contributed by atoms with E-state index >= 15 is 0 Å². The van der Waals surface area contributed by atoms with Gasteiger partial charge in [-0.2, -0.15) is 0 Å². The summed E-state index contributed by atoms with van der Waals surface area (Å²) in [5.74, 6) is 0.910. The van der Waals surface area contributed by atoms with E-state index in [9.17, 15) is 5.11 Å². The molecule has 0 fully saturated rings. The van der Waals surface area contributed by atoms with E-state index in [1.54, 1.807) is 12.1 Å². The van der Waals surface area contributed by atoms with Gasteiger partial charge < -0.3 is 9.84 Å². The number of benzene rings is 7. The number of hydrogen-bond donors (Lipinski definition) is 1. The van der Waals surface area contributed by atoms with Gasteiger partial charge in [0.05, 0.1) is 0 Å². The molecule has 0 unspecified atom stereocenters. The zero-order chi connectivity index (χ0) is 25.5. The molecule has 0 atom stereocenters. The Balaban J connectivity index is 1.33. The van der Waals surface area contributed by atoms with Gasteiger partial charge in [0.25, 0.3) is 0 Å². The molecule has 0 aliphatic rings. The van der Waals surface area contributed by atoms with Crippen molar-refractivity contribution >= 4 is 43.1 Å². The number of rotatable bonds is 5. The smallest absolute Gasteiger partial charge is 0.127 e. The first-order chi connectivity index (χ1) is 18.7. The summed E-state index contributed by atoms with van der Waals surface area (Å²) in [6.45, 7) is 0.411. The third kappa shape index (κ3) is 3.91. The van der Waals surface area contributed by atoms with E-state index in [0.29, 0.717) is 18.8 Å². The van der Waals surface area contributed by atoms with Crippen LogP contribution in [0.5, 0.6) is 11.5 Å². The van der Waals surface area contributed by atoms with Crippen LogP contribution in [0.3, 0.4) is 0 Å². The fourth-order valence-corrected chi connectivity index (χ4v) is 5.73. The van der Waals surface area contributed by atoms with Crippen LogP contribution in [-0.2, 0) is 13.0 Å². The highest BCUT2D eigenvalue weighted by molar-refractivity contribution is 6.03. The van der Waals surface area contributed by atoms with Crippen LogP contribution in [0.2, 0.25) is 0 Å². The molecule has 2 heteroatoms. The van der Waals surface area contributed by atoms with Crippen LogP contribution in [0.1, 0.15) is 16.7 Å². The number of phenols is 1. The fraction of sp³-hybridized carbons (Fsp3) is 0.0556. The summed E-state index contributed by atoms with van der Waals surface area (Å²) in [5.41, 5.74) is 3.47. The maximum atomic E-state index is 10.4.